The first kappa shape index (κ1) is 10.8. The molecule has 0 unspecified atom stereocenters. The van der Waals surface area contributed by atoms with Crippen molar-refractivity contribution in [2.45, 2.75) is 6.92 Å². The van der Waals surface area contributed by atoms with Crippen molar-refractivity contribution in [2.24, 2.45) is 0 Å². The molecule has 0 aliphatic carbocycles. The molecule has 0 aromatic carbocycles. The summed E-state index contributed by atoms with van der Waals surface area (Å²) in [7, 11) is 0. The molecule has 0 saturated carbocycles. The van der Waals surface area contributed by atoms with E-state index in [1.54, 1.807) is 6.92 Å². The van der Waals surface area contributed by atoms with Crippen molar-refractivity contribution in [1.29, 1.82) is 5.26 Å². The van der Waals surface area contributed by atoms with Gasteiger partial charge in [0.25, 0.3) is 5.69 Å². The van der Waals surface area contributed by atoms with Crippen molar-refractivity contribution in [3.05, 3.63) is 46.2 Å². The largest absolute Gasteiger partial charge is 0.277 e. The first-order chi connectivity index (χ1) is 8.13. The molecule has 2 aromatic rings. The summed E-state index contributed by atoms with van der Waals surface area (Å²) >= 11 is 0. The third kappa shape index (κ3) is 1.83. The Hall–Kier alpha value is -2.75. The molecule has 17 heavy (non-hydrogen) atoms. The van der Waals surface area contributed by atoms with E-state index in [1.165, 1.54) is 29.2 Å². The molecular weight excluding hydrogens is 222 g/mol. The molecule has 7 heteroatoms. The molecule has 0 saturated heterocycles. The zero-order valence-electron chi connectivity index (χ0n) is 8.86. The average molecular weight is 229 g/mol. The second-order valence-corrected chi connectivity index (χ2v) is 3.32. The van der Waals surface area contributed by atoms with Gasteiger partial charge < -0.3 is 0 Å². The average Bonchev–Trinajstić information content (AvgIpc) is 2.77. The summed E-state index contributed by atoms with van der Waals surface area (Å²) in [6, 6.07) is 3.20. The highest BCUT2D eigenvalue weighted by atomic mass is 16.6. The summed E-state index contributed by atoms with van der Waals surface area (Å²) in [5.74, 6) is 0.437. The maximum Gasteiger partial charge on any atom is 0.277 e. The number of imidazole rings is 1. The summed E-state index contributed by atoms with van der Waals surface area (Å²) in [5, 5.41) is 19.6. The Morgan fingerprint density at radius 2 is 2.29 bits per heavy atom. The van der Waals surface area contributed by atoms with E-state index in [-0.39, 0.29) is 11.5 Å². The van der Waals surface area contributed by atoms with Crippen LogP contribution in [0.25, 0.3) is 5.82 Å². The number of aromatic nitrogens is 3. The van der Waals surface area contributed by atoms with E-state index in [0.717, 1.165) is 0 Å². The molecule has 0 fully saturated rings. The molecule has 0 amide bonds. The minimum absolute atomic E-state index is 0.0346. The monoisotopic (exact) mass is 229 g/mol. The fourth-order valence-electron chi connectivity index (χ4n) is 1.40. The standard InChI is InChI=1S/C10H7N5O2/c1-7-6-13-9(4-8(7)15(16)17)14-3-2-12-10(14)5-11/h2-4,6H,1H3. The fraction of sp³-hybridized carbons (Fsp3) is 0.100. The summed E-state index contributed by atoms with van der Waals surface area (Å²) in [6.45, 7) is 1.61. The highest BCUT2D eigenvalue weighted by molar-refractivity contribution is 5.44. The summed E-state index contributed by atoms with van der Waals surface area (Å²) in [4.78, 5) is 18.1. The van der Waals surface area contributed by atoms with Crippen LogP contribution in [0, 0.1) is 28.4 Å². The van der Waals surface area contributed by atoms with Gasteiger partial charge in [-0.15, -0.1) is 0 Å². The molecule has 0 bridgehead atoms. The molecule has 0 spiro atoms. The van der Waals surface area contributed by atoms with E-state index in [0.29, 0.717) is 11.4 Å². The van der Waals surface area contributed by atoms with Gasteiger partial charge >= 0.3 is 0 Å². The lowest BCUT2D eigenvalue weighted by Gasteiger charge is -2.03. The van der Waals surface area contributed by atoms with Gasteiger partial charge in [0.15, 0.2) is 0 Å². The topological polar surface area (TPSA) is 97.6 Å². The van der Waals surface area contributed by atoms with Crippen LogP contribution in [0.5, 0.6) is 0 Å². The Morgan fingerprint density at radius 3 is 2.94 bits per heavy atom. The van der Waals surface area contributed by atoms with Crippen molar-refractivity contribution in [3.63, 3.8) is 0 Å². The molecule has 7 nitrogen and oxygen atoms in total. The van der Waals surface area contributed by atoms with Gasteiger partial charge in [0.2, 0.25) is 5.82 Å². The second-order valence-electron chi connectivity index (χ2n) is 3.32. The number of hydrogen-bond donors (Lipinski definition) is 0. The fourth-order valence-corrected chi connectivity index (χ4v) is 1.40. The number of nitrogens with zero attached hydrogens (tertiary/aromatic N) is 5. The van der Waals surface area contributed by atoms with Crippen LogP contribution in [-0.2, 0) is 0 Å². The number of hydrogen-bond acceptors (Lipinski definition) is 5. The lowest BCUT2D eigenvalue weighted by molar-refractivity contribution is -0.385. The first-order valence-corrected chi connectivity index (χ1v) is 4.68. The third-order valence-corrected chi connectivity index (χ3v) is 2.24. The van der Waals surface area contributed by atoms with Gasteiger partial charge in [-0.2, -0.15) is 5.26 Å². The van der Waals surface area contributed by atoms with Gasteiger partial charge in [0, 0.05) is 24.2 Å². The van der Waals surface area contributed by atoms with Crippen molar-refractivity contribution >= 4 is 5.69 Å². The van der Waals surface area contributed by atoms with E-state index in [2.05, 4.69) is 9.97 Å². The molecule has 0 atom stereocenters. The van der Waals surface area contributed by atoms with E-state index in [4.69, 9.17) is 5.26 Å². The Labute approximate surface area is 96.1 Å². The van der Waals surface area contributed by atoms with Crippen molar-refractivity contribution in [3.8, 4) is 11.9 Å². The molecule has 2 heterocycles. The van der Waals surface area contributed by atoms with Gasteiger partial charge in [-0.1, -0.05) is 0 Å². The maximum atomic E-state index is 10.8. The Bertz CT molecular complexity index is 626. The van der Waals surface area contributed by atoms with Crippen molar-refractivity contribution in [1.82, 2.24) is 14.5 Å². The number of nitro groups is 1. The number of nitriles is 1. The van der Waals surface area contributed by atoms with Crippen LogP contribution in [0.3, 0.4) is 0 Å². The Balaban J connectivity index is 2.59. The molecule has 0 aliphatic rings. The van der Waals surface area contributed by atoms with Gasteiger partial charge in [-0.05, 0) is 6.92 Å². The zero-order valence-corrected chi connectivity index (χ0v) is 8.86. The summed E-state index contributed by atoms with van der Waals surface area (Å²) < 4.78 is 1.40. The van der Waals surface area contributed by atoms with Crippen molar-refractivity contribution in [2.75, 3.05) is 0 Å². The van der Waals surface area contributed by atoms with E-state index in [1.807, 2.05) is 6.07 Å². The molecule has 2 rings (SSSR count). The van der Waals surface area contributed by atoms with Crippen LogP contribution < -0.4 is 0 Å². The smallest absolute Gasteiger partial charge is 0.275 e. The van der Waals surface area contributed by atoms with Gasteiger partial charge in [-0.3, -0.25) is 14.7 Å². The van der Waals surface area contributed by atoms with Crippen LogP contribution >= 0.6 is 0 Å². The van der Waals surface area contributed by atoms with Gasteiger partial charge in [0.1, 0.15) is 11.9 Å². The number of rotatable bonds is 2. The van der Waals surface area contributed by atoms with Crippen LogP contribution in [-0.4, -0.2) is 19.5 Å². The third-order valence-electron chi connectivity index (χ3n) is 2.24. The molecule has 0 aliphatic heterocycles. The molecule has 2 aromatic heterocycles. The highest BCUT2D eigenvalue weighted by Crippen LogP contribution is 2.19. The quantitative estimate of drug-likeness (QED) is 0.571. The molecule has 0 radical (unpaired) electrons. The van der Waals surface area contributed by atoms with Gasteiger partial charge in [-0.25, -0.2) is 9.97 Å². The van der Waals surface area contributed by atoms with Crippen molar-refractivity contribution < 1.29 is 4.92 Å². The van der Waals surface area contributed by atoms with E-state index >= 15 is 0 Å². The normalized spacial score (nSPS) is 9.88. The zero-order chi connectivity index (χ0) is 12.4. The highest BCUT2D eigenvalue weighted by Gasteiger charge is 2.14. The minimum Gasteiger partial charge on any atom is -0.275 e. The molecule has 84 valence electrons. The lowest BCUT2D eigenvalue weighted by atomic mass is 10.2. The van der Waals surface area contributed by atoms with Crippen LogP contribution in [0.2, 0.25) is 0 Å². The predicted molar refractivity (Wildman–Crippen MR) is 57.5 cm³/mol. The number of pyridine rings is 1. The Kier molecular flexibility index (Phi) is 2.54. The number of aryl methyl sites for hydroxylation is 1. The van der Waals surface area contributed by atoms with E-state index < -0.39 is 4.92 Å². The summed E-state index contributed by atoms with van der Waals surface area (Å²) in [5.41, 5.74) is 0.435. The predicted octanol–water partition coefficient (Wildman–Crippen LogP) is 1.36. The van der Waals surface area contributed by atoms with E-state index in [9.17, 15) is 10.1 Å². The van der Waals surface area contributed by atoms with Crippen LogP contribution in [0.4, 0.5) is 5.69 Å². The van der Waals surface area contributed by atoms with Gasteiger partial charge in [0.05, 0.1) is 11.0 Å². The Morgan fingerprint density at radius 1 is 1.53 bits per heavy atom. The lowest BCUT2D eigenvalue weighted by Crippen LogP contribution is -2.02. The minimum atomic E-state index is -0.483. The summed E-state index contributed by atoms with van der Waals surface area (Å²) in [6.07, 6.45) is 4.36. The van der Waals surface area contributed by atoms with Crippen LogP contribution in [0.15, 0.2) is 24.7 Å². The SMILES string of the molecule is Cc1cnc(-n2ccnc2C#N)cc1[N+](=O)[O-]. The second kappa shape index (κ2) is 4.02. The first-order valence-electron chi connectivity index (χ1n) is 4.68. The molecular formula is C10H7N5O2. The maximum absolute atomic E-state index is 10.8. The van der Waals surface area contributed by atoms with Crippen LogP contribution in [0.1, 0.15) is 11.4 Å². The molecule has 0 N–H and O–H groups in total.